The van der Waals surface area contributed by atoms with Crippen LogP contribution in [0.4, 0.5) is 38.5 Å². The topological polar surface area (TPSA) is 15.7 Å². The summed E-state index contributed by atoms with van der Waals surface area (Å²) in [5.74, 6) is 1.30. The Labute approximate surface area is 397 Å². The van der Waals surface area contributed by atoms with E-state index in [1.165, 1.54) is 5.19 Å². The minimum atomic E-state index is -1.49. The summed E-state index contributed by atoms with van der Waals surface area (Å²) in [6.07, 6.45) is 0. The first-order valence-electron chi connectivity index (χ1n) is 23.3. The maximum absolute atomic E-state index is 17.6. The first-order valence-corrected chi connectivity index (χ1v) is 26.8. The summed E-state index contributed by atoms with van der Waals surface area (Å²) in [6.45, 7) is 7.15. The van der Waals surface area contributed by atoms with Crippen LogP contribution in [0, 0.1) is 5.82 Å². The summed E-state index contributed by atoms with van der Waals surface area (Å²) in [5, 5.41) is 7.81. The van der Waals surface area contributed by atoms with Crippen LogP contribution in [0.15, 0.2) is 231 Å². The van der Waals surface area contributed by atoms with Crippen LogP contribution in [0.25, 0.3) is 65.7 Å². The van der Waals surface area contributed by atoms with Crippen LogP contribution < -0.4 is 19.7 Å². The molecule has 5 heteroatoms. The Balaban J connectivity index is 1.07. The summed E-state index contributed by atoms with van der Waals surface area (Å²) >= 11 is 0. The Hall–Kier alpha value is -8.25. The number of hydrogen-bond donors (Lipinski definition) is 0. The van der Waals surface area contributed by atoms with Crippen molar-refractivity contribution in [1.82, 2.24) is 0 Å². The Bertz CT molecular complexity index is 3690. The maximum atomic E-state index is 17.6. The molecule has 0 fully saturated rings. The van der Waals surface area contributed by atoms with Crippen LogP contribution in [0.3, 0.4) is 0 Å². The van der Waals surface area contributed by atoms with Gasteiger partial charge in [-0.25, -0.2) is 4.39 Å². The fourth-order valence-electron chi connectivity index (χ4n) is 10.1. The molecule has 0 aliphatic carbocycles. The molecule has 1 aliphatic rings. The van der Waals surface area contributed by atoms with E-state index in [4.69, 9.17) is 4.74 Å². The number of benzene rings is 11. The second-order valence-electron chi connectivity index (χ2n) is 18.6. The Morgan fingerprint density at radius 2 is 0.926 bits per heavy atom. The Morgan fingerprint density at radius 3 is 1.60 bits per heavy atom. The molecule has 0 atom stereocenters. The lowest BCUT2D eigenvalue weighted by Crippen LogP contribution is -2.37. The van der Waals surface area contributed by atoms with E-state index >= 15 is 4.39 Å². The van der Waals surface area contributed by atoms with Crippen LogP contribution >= 0.6 is 0 Å². The first kappa shape index (κ1) is 41.2. The number of para-hydroxylation sites is 2. The van der Waals surface area contributed by atoms with Gasteiger partial charge in [-0.2, -0.15) is 0 Å². The zero-order chi connectivity index (χ0) is 45.9. The molecule has 0 N–H and O–H groups in total. The van der Waals surface area contributed by atoms with Crippen LogP contribution in [-0.4, -0.2) is 8.07 Å². The van der Waals surface area contributed by atoms with Gasteiger partial charge in [-0.15, -0.1) is 0 Å². The molecule has 0 amide bonds. The van der Waals surface area contributed by atoms with Crippen molar-refractivity contribution in [1.29, 1.82) is 0 Å². The highest BCUT2D eigenvalue weighted by atomic mass is 28.3. The van der Waals surface area contributed by atoms with Crippen LogP contribution in [0.1, 0.15) is 0 Å². The van der Waals surface area contributed by atoms with Crippen molar-refractivity contribution in [3.63, 3.8) is 0 Å². The van der Waals surface area contributed by atoms with E-state index in [1.54, 1.807) is 6.07 Å². The van der Waals surface area contributed by atoms with Crippen molar-refractivity contribution in [3.8, 4) is 44.9 Å². The predicted octanol–water partition coefficient (Wildman–Crippen LogP) is 17.9. The van der Waals surface area contributed by atoms with Gasteiger partial charge in [0, 0.05) is 50.7 Å². The fraction of sp³-hybridized carbons (Fsp3) is 0.0476. The molecule has 0 aromatic heterocycles. The molecule has 326 valence electrons. The summed E-state index contributed by atoms with van der Waals surface area (Å²) in [6, 6.07) is 80.0. The monoisotopic (exact) mass is 894 g/mol. The second kappa shape index (κ2) is 16.6. The average molecular weight is 895 g/mol. The largest absolute Gasteiger partial charge is 0.456 e. The number of ether oxygens (including phenoxy) is 1. The zero-order valence-electron chi connectivity index (χ0n) is 38.1. The minimum absolute atomic E-state index is 0.311. The molecule has 0 bridgehead atoms. The third-order valence-corrected chi connectivity index (χ3v) is 15.5. The van der Waals surface area contributed by atoms with Gasteiger partial charge in [0.15, 0.2) is 0 Å². The first-order chi connectivity index (χ1) is 33.3. The summed E-state index contributed by atoms with van der Waals surface area (Å²) < 4.78 is 24.6. The average Bonchev–Trinajstić information content (AvgIpc) is 3.38. The predicted molar refractivity (Wildman–Crippen MR) is 288 cm³/mol. The number of hydrogen-bond acceptors (Lipinski definition) is 3. The van der Waals surface area contributed by atoms with Gasteiger partial charge in [-0.05, 0) is 123 Å². The smallest absolute Gasteiger partial charge is 0.148 e. The van der Waals surface area contributed by atoms with Gasteiger partial charge >= 0.3 is 0 Å². The summed E-state index contributed by atoms with van der Waals surface area (Å²) in [5.41, 5.74) is 11.1. The highest BCUT2D eigenvalue weighted by Gasteiger charge is 2.28. The highest BCUT2D eigenvalue weighted by molar-refractivity contribution is 6.88. The molecule has 12 rings (SSSR count). The van der Waals surface area contributed by atoms with E-state index in [0.29, 0.717) is 5.69 Å². The Kier molecular flexibility index (Phi) is 10.0. The lowest BCUT2D eigenvalue weighted by atomic mass is 9.88. The van der Waals surface area contributed by atoms with Gasteiger partial charge in [0.25, 0.3) is 0 Å². The zero-order valence-corrected chi connectivity index (χ0v) is 39.1. The molecule has 0 radical (unpaired) electrons. The molecule has 68 heavy (non-hydrogen) atoms. The van der Waals surface area contributed by atoms with E-state index in [0.717, 1.165) is 106 Å². The third kappa shape index (κ3) is 7.11. The van der Waals surface area contributed by atoms with Gasteiger partial charge in [-0.1, -0.05) is 170 Å². The molecule has 11 aromatic rings. The molecule has 0 saturated carbocycles. The highest BCUT2D eigenvalue weighted by Crippen LogP contribution is 2.53. The molecule has 0 unspecified atom stereocenters. The van der Waals surface area contributed by atoms with Gasteiger partial charge in [-0.3, -0.25) is 0 Å². The SMILES string of the molecule is C[Si](C)(C)c1ccc(N(c2ccccc2)c2ccc3c(c2)Oc2cccc4c2c-3cc2c3ccccc3c(N(c3ccccc3)c3c(F)cc(-c5ccccc5)cc3-c3ccccc3)cc42)cc1. The summed E-state index contributed by atoms with van der Waals surface area (Å²) in [4.78, 5) is 4.43. The number of anilines is 6. The van der Waals surface area contributed by atoms with Crippen molar-refractivity contribution < 1.29 is 9.13 Å². The Morgan fingerprint density at radius 1 is 0.368 bits per heavy atom. The van der Waals surface area contributed by atoms with Crippen LogP contribution in [0.5, 0.6) is 11.5 Å². The number of halogens is 1. The van der Waals surface area contributed by atoms with E-state index in [2.05, 4.69) is 187 Å². The van der Waals surface area contributed by atoms with Gasteiger partial charge < -0.3 is 14.5 Å². The van der Waals surface area contributed by atoms with E-state index in [-0.39, 0.29) is 5.82 Å². The molecule has 0 saturated heterocycles. The number of nitrogens with zero attached hydrogens (tertiary/aromatic N) is 2. The molecule has 0 spiro atoms. The molecular weight excluding hydrogens is 848 g/mol. The molecule has 1 aliphatic heterocycles. The molecule has 1 heterocycles. The molecule has 3 nitrogen and oxygen atoms in total. The second-order valence-corrected chi connectivity index (χ2v) is 23.7. The van der Waals surface area contributed by atoms with E-state index in [1.807, 2.05) is 66.7 Å². The molecule has 11 aromatic carbocycles. The van der Waals surface area contributed by atoms with E-state index in [9.17, 15) is 0 Å². The van der Waals surface area contributed by atoms with Gasteiger partial charge in [0.2, 0.25) is 0 Å². The van der Waals surface area contributed by atoms with Crippen molar-refractivity contribution >= 4 is 79.7 Å². The maximum Gasteiger partial charge on any atom is 0.148 e. The van der Waals surface area contributed by atoms with Crippen molar-refractivity contribution in [2.75, 3.05) is 9.80 Å². The van der Waals surface area contributed by atoms with Crippen LogP contribution in [-0.2, 0) is 0 Å². The lowest BCUT2D eigenvalue weighted by molar-refractivity contribution is 0.487. The van der Waals surface area contributed by atoms with Crippen molar-refractivity contribution in [2.24, 2.45) is 0 Å². The third-order valence-electron chi connectivity index (χ3n) is 13.4. The normalized spacial score (nSPS) is 11.9. The number of rotatable bonds is 9. The lowest BCUT2D eigenvalue weighted by Gasteiger charge is -2.31. The van der Waals surface area contributed by atoms with Crippen molar-refractivity contribution in [3.05, 3.63) is 236 Å². The standard InChI is InChI=1S/C63H47FN2OSi/c1-68(2,3)49-34-31-47(32-35-49)65(45-23-12-6-13-24-45)48-33-36-52-57-40-55-50-27-16-17-28-51(50)59(41-56(55)53-29-18-30-60(62(53)57)67-61(52)39-48)66(46-25-14-7-15-26-46)63-54(43-21-10-5-11-22-43)37-44(38-58(63)64)42-19-8-4-9-20-42/h4-41H,1-3H3. The van der Waals surface area contributed by atoms with Crippen LogP contribution in [0.2, 0.25) is 19.6 Å². The fourth-order valence-corrected chi connectivity index (χ4v) is 11.3. The van der Waals surface area contributed by atoms with Crippen molar-refractivity contribution in [2.45, 2.75) is 19.6 Å². The molecular formula is C63H47FN2OSi. The van der Waals surface area contributed by atoms with Gasteiger partial charge in [0.1, 0.15) is 17.3 Å². The van der Waals surface area contributed by atoms with E-state index < -0.39 is 8.07 Å². The summed E-state index contributed by atoms with van der Waals surface area (Å²) in [7, 11) is -1.49. The quantitative estimate of drug-likeness (QED) is 0.106. The minimum Gasteiger partial charge on any atom is -0.456 e. The number of fused-ring (bicyclic) bond motifs is 6. The van der Waals surface area contributed by atoms with Gasteiger partial charge in [0.05, 0.1) is 19.4 Å².